The molecule has 0 heterocycles. The van der Waals surface area contributed by atoms with E-state index in [4.69, 9.17) is 14.2 Å². The van der Waals surface area contributed by atoms with Gasteiger partial charge in [0.15, 0.2) is 7.05 Å². The molecule has 168 valence electrons. The third-order valence-electron chi connectivity index (χ3n) is 5.41. The van der Waals surface area contributed by atoms with E-state index in [1.807, 2.05) is 72.8 Å². The first-order valence-corrected chi connectivity index (χ1v) is 10.7. The van der Waals surface area contributed by atoms with Gasteiger partial charge < -0.3 is 14.2 Å². The van der Waals surface area contributed by atoms with Gasteiger partial charge in [0.25, 0.3) is 5.71 Å². The van der Waals surface area contributed by atoms with Crippen LogP contribution in [-0.4, -0.2) is 42.4 Å². The second-order valence-electron chi connectivity index (χ2n) is 7.56. The summed E-state index contributed by atoms with van der Waals surface area (Å²) in [4.78, 5) is 13.0. The van der Waals surface area contributed by atoms with Crippen LogP contribution in [0.2, 0.25) is 0 Å². The summed E-state index contributed by atoms with van der Waals surface area (Å²) in [6.07, 6.45) is 0. The van der Waals surface area contributed by atoms with Gasteiger partial charge in [-0.05, 0) is 58.7 Å². The first kappa shape index (κ1) is 22.1. The highest BCUT2D eigenvalue weighted by molar-refractivity contribution is 6.35. The van der Waals surface area contributed by atoms with Crippen molar-refractivity contribution in [2.24, 2.45) is 0 Å². The average molecular weight is 445 g/mol. The van der Waals surface area contributed by atoms with Gasteiger partial charge in [0.2, 0.25) is 0 Å². The zero-order valence-corrected chi connectivity index (χ0v) is 18.9. The number of hydroxylamine groups is 1. The van der Waals surface area contributed by atoms with Gasteiger partial charge in [0.1, 0.15) is 23.7 Å². The van der Waals surface area contributed by atoms with Gasteiger partial charge in [-0.15, -0.1) is 0 Å². The van der Waals surface area contributed by atoms with Crippen LogP contribution in [-0.2, 0) is 16.1 Å². The van der Waals surface area contributed by atoms with Crippen LogP contribution in [0.4, 0.5) is 0 Å². The molecule has 1 aliphatic rings. The van der Waals surface area contributed by atoms with Crippen LogP contribution >= 0.6 is 0 Å². The molecule has 0 fully saturated rings. The second-order valence-corrected chi connectivity index (χ2v) is 7.56. The molecule has 0 atom stereocenters. The van der Waals surface area contributed by atoms with E-state index in [0.29, 0.717) is 29.2 Å². The molecule has 33 heavy (non-hydrogen) atoms. The molecule has 0 unspecified atom stereocenters. The molecule has 0 aliphatic heterocycles. The standard InChI is InChI=1S/C27H26NO5/c1-4-32-27(29)25-24(19-10-6-5-7-11-19)22-14-13-21(16-23(22)26(25)28(2)30)33-17-18-9-8-12-20(15-18)31-3/h5-16,30H,4,17H2,1-3H3/q+1/b28-26+. The summed E-state index contributed by atoms with van der Waals surface area (Å²) in [5.74, 6) is 0.897. The fourth-order valence-corrected chi connectivity index (χ4v) is 3.99. The van der Waals surface area contributed by atoms with Crippen LogP contribution in [0, 0.1) is 0 Å². The smallest absolute Gasteiger partial charge is 0.345 e. The lowest BCUT2D eigenvalue weighted by atomic mass is 9.97. The van der Waals surface area contributed by atoms with Crippen molar-refractivity contribution in [3.63, 3.8) is 0 Å². The number of methoxy groups -OCH3 is 1. The number of hydrogen-bond acceptors (Lipinski definition) is 5. The largest absolute Gasteiger partial charge is 0.497 e. The Morgan fingerprint density at radius 2 is 1.73 bits per heavy atom. The Morgan fingerprint density at radius 3 is 2.42 bits per heavy atom. The van der Waals surface area contributed by atoms with Crippen molar-refractivity contribution in [2.45, 2.75) is 13.5 Å². The van der Waals surface area contributed by atoms with Crippen LogP contribution in [0.1, 0.15) is 29.2 Å². The quantitative estimate of drug-likeness (QED) is 0.252. The number of nitrogens with zero attached hydrogens (tertiary/aromatic N) is 1. The van der Waals surface area contributed by atoms with Gasteiger partial charge in [-0.3, -0.25) is 5.21 Å². The van der Waals surface area contributed by atoms with E-state index in [1.54, 1.807) is 14.0 Å². The lowest BCUT2D eigenvalue weighted by Crippen LogP contribution is -2.22. The number of rotatable bonds is 7. The van der Waals surface area contributed by atoms with Gasteiger partial charge >= 0.3 is 5.97 Å². The molecule has 3 aromatic carbocycles. The summed E-state index contributed by atoms with van der Waals surface area (Å²) in [5, 5.41) is 10.5. The molecule has 0 saturated carbocycles. The SMILES string of the molecule is CCOC(=O)C1=C(c2ccccc2)c2ccc(OCc3cccc(OC)c3)cc2/C1=[N+](/C)O. The Hall–Kier alpha value is -4.06. The molecule has 1 N–H and O–H groups in total. The summed E-state index contributed by atoms with van der Waals surface area (Å²) in [7, 11) is 3.12. The maximum atomic E-state index is 13.0. The molecule has 0 spiro atoms. The molecule has 0 aromatic heterocycles. The minimum absolute atomic E-state index is 0.234. The minimum atomic E-state index is -0.484. The van der Waals surface area contributed by atoms with Crippen molar-refractivity contribution >= 4 is 17.3 Å². The first-order valence-electron chi connectivity index (χ1n) is 10.7. The summed E-state index contributed by atoms with van der Waals surface area (Å²) >= 11 is 0. The molecule has 0 amide bonds. The fraction of sp³-hybridized carbons (Fsp3) is 0.185. The Bertz CT molecular complexity index is 1240. The van der Waals surface area contributed by atoms with E-state index in [9.17, 15) is 10.0 Å². The van der Waals surface area contributed by atoms with Crippen molar-refractivity contribution in [1.29, 1.82) is 0 Å². The van der Waals surface area contributed by atoms with E-state index in [0.717, 1.165) is 32.8 Å². The van der Waals surface area contributed by atoms with E-state index >= 15 is 0 Å². The number of benzene rings is 3. The summed E-state index contributed by atoms with van der Waals surface area (Å²) in [6.45, 7) is 2.34. The summed E-state index contributed by atoms with van der Waals surface area (Å²) < 4.78 is 17.6. The topological polar surface area (TPSA) is 68.0 Å². The van der Waals surface area contributed by atoms with Crippen molar-refractivity contribution < 1.29 is 29.0 Å². The first-order chi connectivity index (χ1) is 16.0. The predicted octanol–water partition coefficient (Wildman–Crippen LogP) is 4.47. The average Bonchev–Trinajstić information content (AvgIpc) is 3.18. The molecular formula is C27H26NO5+. The van der Waals surface area contributed by atoms with Gasteiger partial charge in [0.05, 0.1) is 19.3 Å². The predicted molar refractivity (Wildman–Crippen MR) is 125 cm³/mol. The lowest BCUT2D eigenvalue weighted by molar-refractivity contribution is -0.753. The Morgan fingerprint density at radius 1 is 0.939 bits per heavy atom. The van der Waals surface area contributed by atoms with Crippen LogP contribution in [0.5, 0.6) is 11.5 Å². The van der Waals surface area contributed by atoms with Gasteiger partial charge in [0, 0.05) is 5.57 Å². The number of ether oxygens (including phenoxy) is 3. The van der Waals surface area contributed by atoms with Gasteiger partial charge in [-0.2, -0.15) is 0 Å². The van der Waals surface area contributed by atoms with Crippen molar-refractivity contribution in [3.8, 4) is 11.5 Å². The van der Waals surface area contributed by atoms with E-state index in [-0.39, 0.29) is 6.61 Å². The molecule has 6 nitrogen and oxygen atoms in total. The minimum Gasteiger partial charge on any atom is -0.497 e. The zero-order chi connectivity index (χ0) is 23.4. The maximum absolute atomic E-state index is 13.0. The third kappa shape index (κ3) is 4.46. The zero-order valence-electron chi connectivity index (χ0n) is 18.9. The Labute approximate surface area is 192 Å². The number of fused-ring (bicyclic) bond motifs is 1. The van der Waals surface area contributed by atoms with Crippen LogP contribution < -0.4 is 9.47 Å². The van der Waals surface area contributed by atoms with Gasteiger partial charge in [-0.1, -0.05) is 42.5 Å². The van der Waals surface area contributed by atoms with Gasteiger partial charge in [-0.25, -0.2) is 4.79 Å². The van der Waals surface area contributed by atoms with Crippen molar-refractivity contribution in [2.75, 3.05) is 20.8 Å². The van der Waals surface area contributed by atoms with Crippen molar-refractivity contribution in [1.82, 2.24) is 0 Å². The molecule has 3 aromatic rings. The lowest BCUT2D eigenvalue weighted by Gasteiger charge is -2.10. The maximum Gasteiger partial charge on any atom is 0.345 e. The van der Waals surface area contributed by atoms with E-state index < -0.39 is 5.97 Å². The number of esters is 1. The highest BCUT2D eigenvalue weighted by Gasteiger charge is 2.40. The molecular weight excluding hydrogens is 418 g/mol. The molecule has 0 saturated heterocycles. The third-order valence-corrected chi connectivity index (χ3v) is 5.41. The molecule has 6 heteroatoms. The summed E-state index contributed by atoms with van der Waals surface area (Å²) in [6, 6.07) is 22.9. The van der Waals surface area contributed by atoms with E-state index in [2.05, 4.69) is 0 Å². The molecule has 0 radical (unpaired) electrons. The number of carbonyl (C=O) groups excluding carboxylic acids is 1. The van der Waals surface area contributed by atoms with E-state index in [1.165, 1.54) is 7.05 Å². The molecule has 0 bridgehead atoms. The Kier molecular flexibility index (Phi) is 6.45. The molecule has 4 rings (SSSR count). The molecule has 1 aliphatic carbocycles. The van der Waals surface area contributed by atoms with Crippen LogP contribution in [0.3, 0.4) is 0 Å². The van der Waals surface area contributed by atoms with Crippen molar-refractivity contribution in [3.05, 3.63) is 101 Å². The monoisotopic (exact) mass is 444 g/mol. The highest BCUT2D eigenvalue weighted by atomic mass is 16.5. The number of carbonyl (C=O) groups is 1. The fourth-order valence-electron chi connectivity index (χ4n) is 3.99. The normalized spacial score (nSPS) is 14.0. The summed E-state index contributed by atoms with van der Waals surface area (Å²) in [5.41, 5.74) is 4.79. The second kappa shape index (κ2) is 9.61. The van der Waals surface area contributed by atoms with Crippen LogP contribution in [0.15, 0.2) is 78.4 Å². The Balaban J connectivity index is 1.75. The number of hydrogen-bond donors (Lipinski definition) is 1. The highest BCUT2D eigenvalue weighted by Crippen LogP contribution is 2.40. The van der Waals surface area contributed by atoms with Crippen LogP contribution in [0.25, 0.3) is 5.57 Å².